The highest BCUT2D eigenvalue weighted by Gasteiger charge is 2.31. The van der Waals surface area contributed by atoms with E-state index in [0.29, 0.717) is 5.69 Å². The fourth-order valence-electron chi connectivity index (χ4n) is 2.71. The number of hydrogen-bond acceptors (Lipinski definition) is 7. The van der Waals surface area contributed by atoms with E-state index >= 15 is 0 Å². The van der Waals surface area contributed by atoms with Gasteiger partial charge in [-0.25, -0.2) is 18.2 Å². The smallest absolute Gasteiger partial charge is 0.359 e. The van der Waals surface area contributed by atoms with Gasteiger partial charge in [0.15, 0.2) is 22.1 Å². The van der Waals surface area contributed by atoms with Gasteiger partial charge in [-0.05, 0) is 18.6 Å². The summed E-state index contributed by atoms with van der Waals surface area (Å²) in [5.74, 6) is -1.46. The number of carbonyl (C=O) groups is 2. The molecule has 0 saturated carbocycles. The Labute approximate surface area is 162 Å². The quantitative estimate of drug-likeness (QED) is 0.671. The highest BCUT2D eigenvalue weighted by Crippen LogP contribution is 2.18. The molecule has 1 aromatic heterocycles. The van der Waals surface area contributed by atoms with E-state index in [2.05, 4.69) is 9.97 Å². The van der Waals surface area contributed by atoms with E-state index in [1.54, 1.807) is 6.92 Å². The second kappa shape index (κ2) is 8.30. The number of hydrogen-bond donors (Lipinski definition) is 0. The Morgan fingerprint density at radius 2 is 1.93 bits per heavy atom. The molecule has 1 aliphatic heterocycles. The van der Waals surface area contributed by atoms with E-state index in [1.807, 2.05) is 30.3 Å². The zero-order chi connectivity index (χ0) is 20.1. The first kappa shape index (κ1) is 19.7. The lowest BCUT2D eigenvalue weighted by Crippen LogP contribution is -2.42. The van der Waals surface area contributed by atoms with Crippen LogP contribution in [0.15, 0.2) is 54.2 Å². The van der Waals surface area contributed by atoms with Crippen molar-refractivity contribution in [3.8, 4) is 0 Å². The van der Waals surface area contributed by atoms with Crippen LogP contribution in [-0.4, -0.2) is 53.6 Å². The first-order valence-electron chi connectivity index (χ1n) is 8.54. The maximum atomic E-state index is 12.7. The van der Waals surface area contributed by atoms with Gasteiger partial charge in [0.1, 0.15) is 0 Å². The van der Waals surface area contributed by atoms with Crippen molar-refractivity contribution in [1.29, 1.82) is 0 Å². The molecule has 28 heavy (non-hydrogen) atoms. The minimum absolute atomic E-state index is 0.00338. The molecule has 9 heteroatoms. The first-order chi connectivity index (χ1) is 13.3. The van der Waals surface area contributed by atoms with E-state index in [9.17, 15) is 18.0 Å². The Hall–Kier alpha value is -3.07. The average molecular weight is 401 g/mol. The van der Waals surface area contributed by atoms with E-state index in [-0.39, 0.29) is 18.0 Å². The van der Waals surface area contributed by atoms with Crippen molar-refractivity contribution < 1.29 is 22.7 Å². The molecule has 1 aliphatic rings. The molecule has 0 fully saturated rings. The molecule has 0 bridgehead atoms. The zero-order valence-electron chi connectivity index (χ0n) is 15.2. The molecular weight excluding hydrogens is 382 g/mol. The van der Waals surface area contributed by atoms with Crippen LogP contribution >= 0.6 is 0 Å². The van der Waals surface area contributed by atoms with Crippen LogP contribution in [0.5, 0.6) is 0 Å². The maximum Gasteiger partial charge on any atom is 0.359 e. The molecule has 0 spiro atoms. The van der Waals surface area contributed by atoms with Gasteiger partial charge in [0.05, 0.1) is 23.7 Å². The molecule has 1 aromatic carbocycles. The Morgan fingerprint density at radius 1 is 1.18 bits per heavy atom. The summed E-state index contributed by atoms with van der Waals surface area (Å²) in [6.07, 6.45) is 4.17. The van der Waals surface area contributed by atoms with Gasteiger partial charge < -0.3 is 9.64 Å². The Bertz CT molecular complexity index is 988. The largest absolute Gasteiger partial charge is 0.451 e. The second-order valence-corrected chi connectivity index (χ2v) is 8.28. The summed E-state index contributed by atoms with van der Waals surface area (Å²) in [4.78, 5) is 34.0. The molecular formula is C19H19N3O5S. The Balaban J connectivity index is 1.70. The molecule has 0 N–H and O–H groups in total. The van der Waals surface area contributed by atoms with Crippen molar-refractivity contribution >= 4 is 21.7 Å². The molecule has 1 atom stereocenters. The molecule has 2 aromatic rings. The average Bonchev–Trinajstić information content (AvgIpc) is 3.04. The number of esters is 1. The van der Waals surface area contributed by atoms with Crippen molar-refractivity contribution in [2.75, 3.05) is 12.4 Å². The molecule has 0 aliphatic carbocycles. The Morgan fingerprint density at radius 3 is 2.54 bits per heavy atom. The van der Waals surface area contributed by atoms with Crippen LogP contribution in [0.25, 0.3) is 0 Å². The van der Waals surface area contributed by atoms with E-state index in [0.717, 1.165) is 11.0 Å². The number of sulfone groups is 1. The summed E-state index contributed by atoms with van der Waals surface area (Å²) in [5, 5.41) is 1.11. The Kier molecular flexibility index (Phi) is 5.84. The van der Waals surface area contributed by atoms with Crippen molar-refractivity contribution in [3.63, 3.8) is 0 Å². The van der Waals surface area contributed by atoms with E-state index in [1.165, 1.54) is 23.4 Å². The van der Waals surface area contributed by atoms with Gasteiger partial charge in [0, 0.05) is 18.1 Å². The summed E-state index contributed by atoms with van der Waals surface area (Å²) in [6.45, 7) is 1.41. The van der Waals surface area contributed by atoms with Crippen molar-refractivity contribution in [3.05, 3.63) is 71.2 Å². The lowest BCUT2D eigenvalue weighted by atomic mass is 10.2. The minimum atomic E-state index is -3.35. The van der Waals surface area contributed by atoms with Gasteiger partial charge >= 0.3 is 5.97 Å². The molecule has 0 saturated heterocycles. The number of ether oxygens (including phenoxy) is 1. The number of carbonyl (C=O) groups excluding carboxylic acids is 2. The highest BCUT2D eigenvalue weighted by molar-refractivity contribution is 7.94. The normalized spacial score (nSPS) is 17.2. The summed E-state index contributed by atoms with van der Waals surface area (Å²) in [6, 6.07) is 8.56. The zero-order valence-corrected chi connectivity index (χ0v) is 16.0. The fraction of sp³-hybridized carbons (Fsp3) is 0.263. The summed E-state index contributed by atoms with van der Waals surface area (Å²) < 4.78 is 28.6. The van der Waals surface area contributed by atoms with Crippen LogP contribution < -0.4 is 0 Å². The van der Waals surface area contributed by atoms with E-state index < -0.39 is 34.4 Å². The van der Waals surface area contributed by atoms with Gasteiger partial charge in [-0.3, -0.25) is 9.78 Å². The van der Waals surface area contributed by atoms with Crippen LogP contribution in [0.4, 0.5) is 0 Å². The third-order valence-electron chi connectivity index (χ3n) is 4.14. The standard InChI is InChI=1S/C19H19N3O5S/c1-14-9-21-17(10-20-14)19(24)27-12-18(23)22(11-15-5-3-2-4-6-15)16-7-8-28(25,26)13-16/h2-10,16H,11-13H2,1H3/t16-/m0/s1. The third kappa shape index (κ3) is 5.01. The molecule has 3 rings (SSSR count). The number of aryl methyl sites for hydroxylation is 1. The molecule has 8 nitrogen and oxygen atoms in total. The number of amides is 1. The van der Waals surface area contributed by atoms with Crippen molar-refractivity contribution in [2.45, 2.75) is 19.5 Å². The number of nitrogens with zero attached hydrogens (tertiary/aromatic N) is 3. The number of aromatic nitrogens is 2. The topological polar surface area (TPSA) is 107 Å². The lowest BCUT2D eigenvalue weighted by Gasteiger charge is -2.27. The van der Waals surface area contributed by atoms with Gasteiger partial charge in [0.2, 0.25) is 0 Å². The lowest BCUT2D eigenvalue weighted by molar-refractivity contribution is -0.136. The highest BCUT2D eigenvalue weighted by atomic mass is 32.2. The van der Waals surface area contributed by atoms with Crippen LogP contribution in [0.3, 0.4) is 0 Å². The third-order valence-corrected chi connectivity index (χ3v) is 5.52. The fourth-order valence-corrected chi connectivity index (χ4v) is 4.01. The van der Waals surface area contributed by atoms with Crippen molar-refractivity contribution in [2.24, 2.45) is 0 Å². The van der Waals surface area contributed by atoms with Crippen LogP contribution in [0.1, 0.15) is 21.7 Å². The molecule has 1 amide bonds. The minimum Gasteiger partial charge on any atom is -0.451 e. The first-order valence-corrected chi connectivity index (χ1v) is 10.3. The van der Waals surface area contributed by atoms with Gasteiger partial charge in [-0.2, -0.15) is 0 Å². The van der Waals surface area contributed by atoms with Gasteiger partial charge in [0.25, 0.3) is 5.91 Å². The van der Waals surface area contributed by atoms with Crippen LogP contribution in [-0.2, 0) is 25.9 Å². The summed E-state index contributed by atoms with van der Waals surface area (Å²) in [7, 11) is -3.35. The summed E-state index contributed by atoms with van der Waals surface area (Å²) in [5.41, 5.74) is 1.48. The monoisotopic (exact) mass is 401 g/mol. The molecule has 2 heterocycles. The predicted molar refractivity (Wildman–Crippen MR) is 101 cm³/mol. The van der Waals surface area contributed by atoms with Gasteiger partial charge in [-0.15, -0.1) is 0 Å². The molecule has 0 radical (unpaired) electrons. The molecule has 146 valence electrons. The number of benzene rings is 1. The SMILES string of the molecule is Cc1cnc(C(=O)OCC(=O)N(Cc2ccccc2)[C@H]2C=CS(=O)(=O)C2)cn1. The van der Waals surface area contributed by atoms with E-state index in [4.69, 9.17) is 4.74 Å². The second-order valence-electron chi connectivity index (χ2n) is 6.35. The van der Waals surface area contributed by atoms with Gasteiger partial charge in [-0.1, -0.05) is 30.3 Å². The van der Waals surface area contributed by atoms with Crippen LogP contribution in [0.2, 0.25) is 0 Å². The van der Waals surface area contributed by atoms with Crippen LogP contribution in [0, 0.1) is 6.92 Å². The maximum absolute atomic E-state index is 12.7. The van der Waals surface area contributed by atoms with Crippen molar-refractivity contribution in [1.82, 2.24) is 14.9 Å². The number of rotatable bonds is 6. The summed E-state index contributed by atoms with van der Waals surface area (Å²) >= 11 is 0. The molecule has 0 unspecified atom stereocenters. The predicted octanol–water partition coefficient (Wildman–Crippen LogP) is 1.28.